The molecule has 2 nitrogen and oxygen atoms in total. The topological polar surface area (TPSA) is 26.3 Å². The molecule has 0 fully saturated rings. The first-order chi connectivity index (χ1) is 6.33. The zero-order valence-electron chi connectivity index (χ0n) is 7.37. The average molecular weight is 194 g/mol. The minimum atomic E-state index is 0.0946. The first-order valence-corrected chi connectivity index (χ1v) is 5.32. The highest BCUT2D eigenvalue weighted by atomic mass is 32.2. The van der Waals surface area contributed by atoms with E-state index in [1.165, 1.54) is 0 Å². The van der Waals surface area contributed by atoms with Gasteiger partial charge in [-0.2, -0.15) is 0 Å². The van der Waals surface area contributed by atoms with Gasteiger partial charge in [0.1, 0.15) is 6.61 Å². The summed E-state index contributed by atoms with van der Waals surface area (Å²) < 4.78 is 5.19. The highest BCUT2D eigenvalue weighted by Gasteiger charge is 2.19. The van der Waals surface area contributed by atoms with Gasteiger partial charge >= 0.3 is 0 Å². The third-order valence-corrected chi connectivity index (χ3v) is 2.96. The van der Waals surface area contributed by atoms with E-state index in [9.17, 15) is 4.79 Å². The third-order valence-electron chi connectivity index (χ3n) is 2.13. The molecule has 0 bridgehead atoms. The van der Waals surface area contributed by atoms with E-state index in [1.807, 2.05) is 24.5 Å². The Hall–Kier alpha value is -0.800. The van der Waals surface area contributed by atoms with Crippen LogP contribution in [-0.4, -0.2) is 18.6 Å². The van der Waals surface area contributed by atoms with Crippen molar-refractivity contribution in [3.63, 3.8) is 0 Å². The van der Waals surface area contributed by atoms with Gasteiger partial charge in [0.05, 0.1) is 6.61 Å². The number of ketones is 1. The number of ether oxygens (including phenoxy) is 1. The van der Waals surface area contributed by atoms with Gasteiger partial charge in [-0.05, 0) is 12.3 Å². The fourth-order valence-electron chi connectivity index (χ4n) is 1.49. The van der Waals surface area contributed by atoms with Crippen LogP contribution in [0.4, 0.5) is 0 Å². The molecule has 0 unspecified atom stereocenters. The van der Waals surface area contributed by atoms with Crippen molar-refractivity contribution in [2.24, 2.45) is 0 Å². The standard InChI is InChI=1S/C10H10O2S/c1-13-10-4-2-3-7-8(10)5-12-6-9(7)11/h2-4H,5-6H2,1H3. The van der Waals surface area contributed by atoms with Crippen molar-refractivity contribution < 1.29 is 9.53 Å². The van der Waals surface area contributed by atoms with Crippen LogP contribution in [0.3, 0.4) is 0 Å². The van der Waals surface area contributed by atoms with Gasteiger partial charge in [0, 0.05) is 16.0 Å². The van der Waals surface area contributed by atoms with E-state index in [0.717, 1.165) is 16.0 Å². The van der Waals surface area contributed by atoms with Gasteiger partial charge < -0.3 is 4.74 Å². The SMILES string of the molecule is CSc1cccc2c1COCC2=O. The van der Waals surface area contributed by atoms with Crippen molar-refractivity contribution >= 4 is 17.5 Å². The smallest absolute Gasteiger partial charge is 0.188 e. The Labute approximate surface area is 81.3 Å². The zero-order valence-corrected chi connectivity index (χ0v) is 8.19. The molecule has 68 valence electrons. The Balaban J connectivity index is 2.54. The van der Waals surface area contributed by atoms with Gasteiger partial charge in [0.15, 0.2) is 5.78 Å². The van der Waals surface area contributed by atoms with Crippen molar-refractivity contribution in [1.29, 1.82) is 0 Å². The molecule has 2 rings (SSSR count). The molecule has 1 aliphatic heterocycles. The molecule has 0 saturated heterocycles. The highest BCUT2D eigenvalue weighted by molar-refractivity contribution is 7.98. The van der Waals surface area contributed by atoms with Crippen LogP contribution in [0.2, 0.25) is 0 Å². The fourth-order valence-corrected chi connectivity index (χ4v) is 2.12. The van der Waals surface area contributed by atoms with E-state index >= 15 is 0 Å². The number of thioether (sulfide) groups is 1. The van der Waals surface area contributed by atoms with Gasteiger partial charge in [0.25, 0.3) is 0 Å². The number of benzene rings is 1. The quantitative estimate of drug-likeness (QED) is 0.640. The van der Waals surface area contributed by atoms with E-state index in [4.69, 9.17) is 4.74 Å². The number of rotatable bonds is 1. The van der Waals surface area contributed by atoms with E-state index < -0.39 is 0 Å². The minimum absolute atomic E-state index is 0.0946. The lowest BCUT2D eigenvalue weighted by Gasteiger charge is -2.17. The zero-order chi connectivity index (χ0) is 9.26. The van der Waals surface area contributed by atoms with Crippen LogP contribution < -0.4 is 0 Å². The van der Waals surface area contributed by atoms with E-state index in [-0.39, 0.29) is 12.4 Å². The van der Waals surface area contributed by atoms with Gasteiger partial charge in [-0.15, -0.1) is 11.8 Å². The molecule has 1 heterocycles. The molecule has 0 radical (unpaired) electrons. The molecule has 3 heteroatoms. The van der Waals surface area contributed by atoms with E-state index in [1.54, 1.807) is 11.8 Å². The second-order valence-corrected chi connectivity index (χ2v) is 3.75. The summed E-state index contributed by atoms with van der Waals surface area (Å²) in [5.41, 5.74) is 1.88. The molecule has 0 N–H and O–H groups in total. The van der Waals surface area contributed by atoms with Crippen LogP contribution in [0.15, 0.2) is 23.1 Å². The molecule has 1 aromatic carbocycles. The molecule has 0 aliphatic carbocycles. The van der Waals surface area contributed by atoms with Crippen molar-refractivity contribution in [1.82, 2.24) is 0 Å². The Kier molecular flexibility index (Phi) is 2.38. The number of fused-ring (bicyclic) bond motifs is 1. The first-order valence-electron chi connectivity index (χ1n) is 4.09. The summed E-state index contributed by atoms with van der Waals surface area (Å²) in [5, 5.41) is 0. The molecule has 1 aliphatic rings. The maximum absolute atomic E-state index is 11.4. The van der Waals surface area contributed by atoms with Crippen molar-refractivity contribution in [2.45, 2.75) is 11.5 Å². The largest absolute Gasteiger partial charge is 0.369 e. The van der Waals surface area contributed by atoms with Crippen LogP contribution >= 0.6 is 11.8 Å². The number of hydrogen-bond acceptors (Lipinski definition) is 3. The molecule has 0 amide bonds. The summed E-state index contributed by atoms with van der Waals surface area (Å²) in [6, 6.07) is 5.82. The molecule has 0 atom stereocenters. The van der Waals surface area contributed by atoms with Crippen molar-refractivity contribution in [3.8, 4) is 0 Å². The summed E-state index contributed by atoms with van der Waals surface area (Å²) in [5.74, 6) is 0.0946. The summed E-state index contributed by atoms with van der Waals surface area (Å²) in [7, 11) is 0. The fraction of sp³-hybridized carbons (Fsp3) is 0.300. The van der Waals surface area contributed by atoms with Gasteiger partial charge in [0.2, 0.25) is 0 Å². The van der Waals surface area contributed by atoms with Crippen LogP contribution in [0.5, 0.6) is 0 Å². The number of Topliss-reactive ketones (excluding diaryl/α,β-unsaturated/α-hetero) is 1. The predicted octanol–water partition coefficient (Wildman–Crippen LogP) is 2.12. The highest BCUT2D eigenvalue weighted by Crippen LogP contribution is 2.27. The van der Waals surface area contributed by atoms with Gasteiger partial charge in [-0.25, -0.2) is 0 Å². The maximum Gasteiger partial charge on any atom is 0.188 e. The molecular weight excluding hydrogens is 184 g/mol. The summed E-state index contributed by atoms with van der Waals surface area (Å²) in [4.78, 5) is 12.6. The lowest BCUT2D eigenvalue weighted by molar-refractivity contribution is 0.0659. The Morgan fingerprint density at radius 1 is 1.38 bits per heavy atom. The van der Waals surface area contributed by atoms with Gasteiger partial charge in [-0.3, -0.25) is 4.79 Å². The van der Waals surface area contributed by atoms with Crippen LogP contribution in [-0.2, 0) is 11.3 Å². The normalized spacial score (nSPS) is 15.6. The van der Waals surface area contributed by atoms with Crippen molar-refractivity contribution in [3.05, 3.63) is 29.3 Å². The minimum Gasteiger partial charge on any atom is -0.369 e. The van der Waals surface area contributed by atoms with E-state index in [2.05, 4.69) is 0 Å². The lowest BCUT2D eigenvalue weighted by Crippen LogP contribution is -2.18. The molecule has 13 heavy (non-hydrogen) atoms. The van der Waals surface area contributed by atoms with Crippen molar-refractivity contribution in [2.75, 3.05) is 12.9 Å². The lowest BCUT2D eigenvalue weighted by atomic mass is 10.0. The third kappa shape index (κ3) is 1.49. The molecule has 0 aromatic heterocycles. The molecule has 1 aromatic rings. The van der Waals surface area contributed by atoms with Crippen LogP contribution in [0.1, 0.15) is 15.9 Å². The monoisotopic (exact) mass is 194 g/mol. The molecule has 0 saturated carbocycles. The molecular formula is C10H10O2S. The van der Waals surface area contributed by atoms with E-state index in [0.29, 0.717) is 6.61 Å². The number of hydrogen-bond donors (Lipinski definition) is 0. The van der Waals surface area contributed by atoms with Crippen LogP contribution in [0.25, 0.3) is 0 Å². The summed E-state index contributed by atoms with van der Waals surface area (Å²) in [6.07, 6.45) is 2.01. The first kappa shape index (κ1) is 8.78. The maximum atomic E-state index is 11.4. The number of carbonyl (C=O) groups excluding carboxylic acids is 1. The summed E-state index contributed by atoms with van der Waals surface area (Å²) in [6.45, 7) is 0.795. The Morgan fingerprint density at radius 3 is 3.00 bits per heavy atom. The number of carbonyl (C=O) groups is 1. The average Bonchev–Trinajstić information content (AvgIpc) is 2.18. The second-order valence-electron chi connectivity index (χ2n) is 2.90. The Morgan fingerprint density at radius 2 is 2.23 bits per heavy atom. The predicted molar refractivity (Wildman–Crippen MR) is 52.2 cm³/mol. The second kappa shape index (κ2) is 3.52. The molecule has 0 spiro atoms. The Bertz CT molecular complexity index is 347. The summed E-state index contributed by atoms with van der Waals surface area (Å²) >= 11 is 1.65. The van der Waals surface area contributed by atoms with Crippen LogP contribution in [0, 0.1) is 0 Å². The van der Waals surface area contributed by atoms with Gasteiger partial charge in [-0.1, -0.05) is 12.1 Å².